The Morgan fingerprint density at radius 1 is 0.510 bits per heavy atom. The van der Waals surface area contributed by atoms with Crippen LogP contribution >= 0.6 is 11.3 Å². The van der Waals surface area contributed by atoms with Crippen LogP contribution in [0.4, 0.5) is 0 Å². The highest BCUT2D eigenvalue weighted by Gasteiger charge is 2.35. The molecule has 0 radical (unpaired) electrons. The van der Waals surface area contributed by atoms with Gasteiger partial charge in [0.15, 0.2) is 0 Å². The van der Waals surface area contributed by atoms with Gasteiger partial charge in [-0.15, -0.1) is 11.3 Å². The summed E-state index contributed by atoms with van der Waals surface area (Å²) in [6.07, 6.45) is 0. The molecule has 0 fully saturated rings. The number of fused-ring (bicyclic) bond motifs is 7. The summed E-state index contributed by atoms with van der Waals surface area (Å²) in [5.41, 5.74) is 14.5. The molecule has 1 aliphatic rings. The molecular weight excluding hydrogens is 613 g/mol. The van der Waals surface area contributed by atoms with Gasteiger partial charge in [-0.3, -0.25) is 4.57 Å². The molecule has 0 N–H and O–H groups in total. The van der Waals surface area contributed by atoms with Crippen LogP contribution in [-0.4, -0.2) is 9.55 Å². The number of imidazole rings is 1. The Morgan fingerprint density at radius 2 is 1.18 bits per heavy atom. The number of hydrogen-bond donors (Lipinski definition) is 0. The maximum absolute atomic E-state index is 5.33. The lowest BCUT2D eigenvalue weighted by Gasteiger charge is -2.22. The van der Waals surface area contributed by atoms with Crippen molar-refractivity contribution >= 4 is 42.5 Å². The highest BCUT2D eigenvalue weighted by Crippen LogP contribution is 2.50. The number of hydrogen-bond acceptors (Lipinski definition) is 2. The summed E-state index contributed by atoms with van der Waals surface area (Å²) in [6, 6.07) is 57.5. The van der Waals surface area contributed by atoms with Gasteiger partial charge in [-0.1, -0.05) is 123 Å². The smallest absolute Gasteiger partial charge is 0.146 e. The van der Waals surface area contributed by atoms with Crippen LogP contribution in [0.3, 0.4) is 0 Å². The third-order valence-electron chi connectivity index (χ3n) is 10.4. The van der Waals surface area contributed by atoms with Gasteiger partial charge >= 0.3 is 0 Å². The molecule has 2 nitrogen and oxygen atoms in total. The number of aromatic nitrogens is 2. The SMILES string of the molecule is CC1(C)c2ccccc2-c2ccc(-c3cc(-c4cccc5c4sc4ccccc45)ccc3-c3nc4ccccc4n3-c3ccccc3)cc21. The summed E-state index contributed by atoms with van der Waals surface area (Å²) >= 11 is 1.88. The van der Waals surface area contributed by atoms with Crippen molar-refractivity contribution in [2.45, 2.75) is 19.3 Å². The van der Waals surface area contributed by atoms with Crippen molar-refractivity contribution in [3.05, 3.63) is 169 Å². The lowest BCUT2D eigenvalue weighted by Crippen LogP contribution is -2.14. The lowest BCUT2D eigenvalue weighted by atomic mass is 9.81. The van der Waals surface area contributed by atoms with Gasteiger partial charge in [0.1, 0.15) is 5.82 Å². The van der Waals surface area contributed by atoms with Gasteiger partial charge in [0.05, 0.1) is 11.0 Å². The number of nitrogens with zero attached hydrogens (tertiary/aromatic N) is 2. The van der Waals surface area contributed by atoms with E-state index in [1.54, 1.807) is 0 Å². The minimum atomic E-state index is -0.0977. The lowest BCUT2D eigenvalue weighted by molar-refractivity contribution is 0.660. The normalized spacial score (nSPS) is 13.3. The number of para-hydroxylation sites is 3. The molecule has 0 aliphatic heterocycles. The summed E-state index contributed by atoms with van der Waals surface area (Å²) < 4.78 is 4.96. The zero-order chi connectivity index (χ0) is 32.7. The van der Waals surface area contributed by atoms with Crippen LogP contribution in [0.15, 0.2) is 158 Å². The van der Waals surface area contributed by atoms with E-state index in [0.29, 0.717) is 0 Å². The fourth-order valence-electron chi connectivity index (χ4n) is 8.04. The molecule has 9 aromatic rings. The average molecular weight is 645 g/mol. The fourth-order valence-corrected chi connectivity index (χ4v) is 9.28. The van der Waals surface area contributed by atoms with Gasteiger partial charge in [0.2, 0.25) is 0 Å². The van der Waals surface area contributed by atoms with E-state index in [0.717, 1.165) is 28.1 Å². The summed E-state index contributed by atoms with van der Waals surface area (Å²) in [6.45, 7) is 4.71. The van der Waals surface area contributed by atoms with Crippen molar-refractivity contribution in [1.82, 2.24) is 9.55 Å². The van der Waals surface area contributed by atoms with E-state index in [-0.39, 0.29) is 5.41 Å². The van der Waals surface area contributed by atoms with Crippen molar-refractivity contribution in [1.29, 1.82) is 0 Å². The second-order valence-corrected chi connectivity index (χ2v) is 14.6. The van der Waals surface area contributed by atoms with E-state index in [2.05, 4.69) is 176 Å². The molecule has 3 heteroatoms. The summed E-state index contributed by atoms with van der Waals surface area (Å²) in [7, 11) is 0. The molecule has 7 aromatic carbocycles. The van der Waals surface area contributed by atoms with Crippen LogP contribution < -0.4 is 0 Å². The minimum Gasteiger partial charge on any atom is -0.292 e. The van der Waals surface area contributed by atoms with Crippen molar-refractivity contribution in [3.63, 3.8) is 0 Å². The van der Waals surface area contributed by atoms with Gasteiger partial charge < -0.3 is 0 Å². The third-order valence-corrected chi connectivity index (χ3v) is 11.7. The molecule has 49 heavy (non-hydrogen) atoms. The molecular formula is C46H32N2S. The molecule has 0 saturated heterocycles. The average Bonchev–Trinajstić information content (AvgIpc) is 3.80. The second-order valence-electron chi connectivity index (χ2n) is 13.6. The predicted molar refractivity (Wildman–Crippen MR) is 208 cm³/mol. The zero-order valence-corrected chi connectivity index (χ0v) is 28.1. The molecule has 232 valence electrons. The molecule has 2 aromatic heterocycles. The van der Waals surface area contributed by atoms with Gasteiger partial charge in [-0.05, 0) is 93.0 Å². The van der Waals surface area contributed by atoms with E-state index in [1.165, 1.54) is 64.7 Å². The van der Waals surface area contributed by atoms with Crippen LogP contribution in [0.1, 0.15) is 25.0 Å². The van der Waals surface area contributed by atoms with Gasteiger partial charge in [-0.25, -0.2) is 4.98 Å². The van der Waals surface area contributed by atoms with Gasteiger partial charge in [-0.2, -0.15) is 0 Å². The second kappa shape index (κ2) is 10.6. The number of benzene rings is 7. The summed E-state index contributed by atoms with van der Waals surface area (Å²) in [5, 5.41) is 2.63. The zero-order valence-electron chi connectivity index (χ0n) is 27.3. The number of thiophene rings is 1. The molecule has 0 amide bonds. The van der Waals surface area contributed by atoms with Crippen LogP contribution in [0.5, 0.6) is 0 Å². The topological polar surface area (TPSA) is 17.8 Å². The predicted octanol–water partition coefficient (Wildman–Crippen LogP) is 12.7. The van der Waals surface area contributed by atoms with Crippen LogP contribution in [0.2, 0.25) is 0 Å². The van der Waals surface area contributed by atoms with E-state index in [4.69, 9.17) is 4.98 Å². The first-order chi connectivity index (χ1) is 24.1. The van der Waals surface area contributed by atoms with Gasteiger partial charge in [0.25, 0.3) is 0 Å². The summed E-state index contributed by atoms with van der Waals surface area (Å²) in [4.78, 5) is 5.33. The first-order valence-electron chi connectivity index (χ1n) is 16.9. The third kappa shape index (κ3) is 4.22. The maximum atomic E-state index is 5.33. The van der Waals surface area contributed by atoms with Crippen molar-refractivity contribution in [3.8, 4) is 50.5 Å². The van der Waals surface area contributed by atoms with Gasteiger partial charge in [0, 0.05) is 36.8 Å². The molecule has 0 bridgehead atoms. The molecule has 0 atom stereocenters. The Kier molecular flexibility index (Phi) is 6.12. The highest BCUT2D eigenvalue weighted by atomic mass is 32.1. The maximum Gasteiger partial charge on any atom is 0.146 e. The van der Waals surface area contributed by atoms with Crippen molar-refractivity contribution < 1.29 is 0 Å². The minimum absolute atomic E-state index is 0.0977. The van der Waals surface area contributed by atoms with Crippen LogP contribution in [-0.2, 0) is 5.41 Å². The fraction of sp³-hybridized carbons (Fsp3) is 0.0652. The molecule has 0 saturated carbocycles. The summed E-state index contributed by atoms with van der Waals surface area (Å²) in [5.74, 6) is 0.942. The molecule has 0 spiro atoms. The standard InChI is InChI=1S/C46H32N2S/c1-46(2)39-19-8-6-15-33(39)34-25-23-30(28-40(34)46)38-27-29(32-17-12-18-36-35-16-7-11-22-43(35)49-44(32)36)24-26-37(38)45-47-41-20-9-10-21-42(41)48(45)31-13-4-3-5-14-31/h3-28H,1-2H3. The highest BCUT2D eigenvalue weighted by molar-refractivity contribution is 7.26. The molecule has 2 heterocycles. The Balaban J connectivity index is 1.25. The van der Waals surface area contributed by atoms with Crippen LogP contribution in [0.25, 0.3) is 81.7 Å². The Morgan fingerprint density at radius 3 is 2.08 bits per heavy atom. The first-order valence-corrected chi connectivity index (χ1v) is 17.7. The molecule has 0 unspecified atom stereocenters. The molecule has 10 rings (SSSR count). The Hall–Kier alpha value is -5.77. The quantitative estimate of drug-likeness (QED) is 0.186. The first kappa shape index (κ1) is 28.3. The van der Waals surface area contributed by atoms with E-state index >= 15 is 0 Å². The van der Waals surface area contributed by atoms with E-state index in [9.17, 15) is 0 Å². The Labute approximate surface area is 289 Å². The van der Waals surface area contributed by atoms with E-state index < -0.39 is 0 Å². The Bertz CT molecular complexity index is 2750. The van der Waals surface area contributed by atoms with Crippen molar-refractivity contribution in [2.75, 3.05) is 0 Å². The molecule has 1 aliphatic carbocycles. The monoisotopic (exact) mass is 644 g/mol. The largest absolute Gasteiger partial charge is 0.292 e. The number of rotatable bonds is 4. The van der Waals surface area contributed by atoms with Crippen LogP contribution in [0, 0.1) is 0 Å². The van der Waals surface area contributed by atoms with E-state index in [1.807, 2.05) is 11.3 Å². The van der Waals surface area contributed by atoms with Crippen molar-refractivity contribution in [2.24, 2.45) is 0 Å².